The molecule has 0 saturated heterocycles. The zero-order valence-electron chi connectivity index (χ0n) is 12.8. The summed E-state index contributed by atoms with van der Waals surface area (Å²) in [6.45, 7) is 10.1. The third-order valence-electron chi connectivity index (χ3n) is 3.35. The average Bonchev–Trinajstić information content (AvgIpc) is 3.09. The molecule has 1 saturated carbocycles. The van der Waals surface area contributed by atoms with Gasteiger partial charge in [-0.1, -0.05) is 11.8 Å². The number of carbonyl (C=O) groups excluding carboxylic acids is 1. The molecule has 2 rings (SSSR count). The Balaban J connectivity index is 2.04. The van der Waals surface area contributed by atoms with Gasteiger partial charge >= 0.3 is 0 Å². The molecule has 1 aliphatic carbocycles. The van der Waals surface area contributed by atoms with E-state index in [1.54, 1.807) is 0 Å². The van der Waals surface area contributed by atoms with Crippen LogP contribution in [0.25, 0.3) is 0 Å². The molecule has 1 fully saturated rings. The molecule has 1 heterocycles. The van der Waals surface area contributed by atoms with Crippen molar-refractivity contribution in [2.24, 2.45) is 0 Å². The van der Waals surface area contributed by atoms with Gasteiger partial charge in [-0.3, -0.25) is 4.79 Å². The summed E-state index contributed by atoms with van der Waals surface area (Å²) in [5, 5.41) is 12.4. The summed E-state index contributed by atoms with van der Waals surface area (Å²) < 4.78 is 1.85. The van der Waals surface area contributed by atoms with Crippen molar-refractivity contribution < 1.29 is 4.79 Å². The number of rotatable bonds is 6. The summed E-state index contributed by atoms with van der Waals surface area (Å²) >= 11 is 1.45. The van der Waals surface area contributed by atoms with E-state index in [0.29, 0.717) is 6.04 Å². The lowest BCUT2D eigenvalue weighted by atomic mass is 10.2. The van der Waals surface area contributed by atoms with Crippen molar-refractivity contribution in [1.82, 2.24) is 25.1 Å². The molecular weight excluding hydrogens is 274 g/mol. The summed E-state index contributed by atoms with van der Waals surface area (Å²) in [5.74, 6) is 0.144. The van der Waals surface area contributed by atoms with Crippen LogP contribution in [0.2, 0.25) is 0 Å². The molecule has 1 atom stereocenters. The first-order valence-corrected chi connectivity index (χ1v) is 8.06. The van der Waals surface area contributed by atoms with Gasteiger partial charge in [-0.25, -0.2) is 4.68 Å². The predicted molar refractivity (Wildman–Crippen MR) is 78.5 cm³/mol. The third kappa shape index (κ3) is 3.31. The van der Waals surface area contributed by atoms with Gasteiger partial charge in [0, 0.05) is 12.1 Å². The van der Waals surface area contributed by atoms with Crippen molar-refractivity contribution in [3.05, 3.63) is 0 Å². The fraction of sp³-hybridized carbons (Fsp3) is 0.846. The number of tetrazole rings is 1. The van der Waals surface area contributed by atoms with Gasteiger partial charge in [0.1, 0.15) is 0 Å². The Bertz CT molecular complexity index is 461. The van der Waals surface area contributed by atoms with Gasteiger partial charge < -0.3 is 4.90 Å². The standard InChI is InChI=1S/C13H23N5OS/c1-8(2)17(9(3)4)12(19)10(5)20-13-14-15-16-18(13)11-6-7-11/h8-11H,6-7H2,1-5H3. The lowest BCUT2D eigenvalue weighted by Gasteiger charge is -2.32. The van der Waals surface area contributed by atoms with Crippen LogP contribution < -0.4 is 0 Å². The van der Waals surface area contributed by atoms with Crippen LogP contribution in [0.15, 0.2) is 5.16 Å². The molecule has 6 nitrogen and oxygen atoms in total. The molecule has 1 unspecified atom stereocenters. The minimum atomic E-state index is -0.178. The van der Waals surface area contributed by atoms with Gasteiger partial charge in [0.25, 0.3) is 0 Å². The Kier molecular flexibility index (Phi) is 4.67. The maximum absolute atomic E-state index is 12.6. The summed E-state index contributed by atoms with van der Waals surface area (Å²) in [6, 6.07) is 0.830. The SMILES string of the molecule is CC(Sc1nnnn1C1CC1)C(=O)N(C(C)C)C(C)C. The number of nitrogens with zero attached hydrogens (tertiary/aromatic N) is 5. The first-order valence-electron chi connectivity index (χ1n) is 7.18. The minimum Gasteiger partial charge on any atom is -0.337 e. The molecule has 7 heteroatoms. The molecule has 1 aliphatic rings. The Morgan fingerprint density at radius 3 is 2.35 bits per heavy atom. The van der Waals surface area contributed by atoms with Crippen LogP contribution in [0, 0.1) is 0 Å². The molecular formula is C13H23N5OS. The van der Waals surface area contributed by atoms with Gasteiger partial charge in [0.2, 0.25) is 11.1 Å². The predicted octanol–water partition coefficient (Wildman–Crippen LogP) is 2.13. The molecule has 112 valence electrons. The quantitative estimate of drug-likeness (QED) is 0.753. The molecule has 20 heavy (non-hydrogen) atoms. The van der Waals surface area contributed by atoms with Crippen LogP contribution in [0.3, 0.4) is 0 Å². The molecule has 0 spiro atoms. The second kappa shape index (κ2) is 6.11. The number of hydrogen-bond acceptors (Lipinski definition) is 5. The maximum Gasteiger partial charge on any atom is 0.236 e. The molecule has 0 bridgehead atoms. The highest BCUT2D eigenvalue weighted by molar-refractivity contribution is 8.00. The second-order valence-corrected chi connectivity index (χ2v) is 7.14. The highest BCUT2D eigenvalue weighted by Crippen LogP contribution is 2.37. The molecule has 1 aromatic rings. The van der Waals surface area contributed by atoms with Crippen molar-refractivity contribution in [2.45, 2.75) is 76.0 Å². The van der Waals surface area contributed by atoms with E-state index in [0.717, 1.165) is 18.0 Å². The first kappa shape index (κ1) is 15.3. The number of thioether (sulfide) groups is 1. The molecule has 0 aliphatic heterocycles. The topological polar surface area (TPSA) is 63.9 Å². The van der Waals surface area contributed by atoms with Crippen LogP contribution in [0.1, 0.15) is 53.5 Å². The zero-order valence-corrected chi connectivity index (χ0v) is 13.6. The van der Waals surface area contributed by atoms with Crippen LogP contribution in [-0.2, 0) is 4.79 Å². The normalized spacial score (nSPS) is 16.8. The van der Waals surface area contributed by atoms with Crippen LogP contribution in [0.4, 0.5) is 0 Å². The fourth-order valence-corrected chi connectivity index (χ4v) is 3.25. The van der Waals surface area contributed by atoms with E-state index in [1.165, 1.54) is 11.8 Å². The Labute approximate surface area is 124 Å². The van der Waals surface area contributed by atoms with Crippen molar-refractivity contribution in [1.29, 1.82) is 0 Å². The highest BCUT2D eigenvalue weighted by Gasteiger charge is 2.31. The Morgan fingerprint density at radius 2 is 1.85 bits per heavy atom. The smallest absolute Gasteiger partial charge is 0.236 e. The van der Waals surface area contributed by atoms with Crippen molar-refractivity contribution in [2.75, 3.05) is 0 Å². The van der Waals surface area contributed by atoms with Crippen LogP contribution in [-0.4, -0.2) is 48.3 Å². The van der Waals surface area contributed by atoms with Gasteiger partial charge in [0.05, 0.1) is 11.3 Å². The van der Waals surface area contributed by atoms with E-state index in [4.69, 9.17) is 0 Å². The maximum atomic E-state index is 12.6. The summed E-state index contributed by atoms with van der Waals surface area (Å²) in [4.78, 5) is 14.5. The minimum absolute atomic E-state index is 0.144. The third-order valence-corrected chi connectivity index (χ3v) is 4.39. The molecule has 1 aromatic heterocycles. The first-order chi connectivity index (χ1) is 9.41. The summed E-state index contributed by atoms with van der Waals surface area (Å²) in [6.07, 6.45) is 2.26. The van der Waals surface area contributed by atoms with E-state index < -0.39 is 0 Å². The molecule has 1 amide bonds. The highest BCUT2D eigenvalue weighted by atomic mass is 32.2. The van der Waals surface area contributed by atoms with Crippen molar-refractivity contribution >= 4 is 17.7 Å². The lowest BCUT2D eigenvalue weighted by Crippen LogP contribution is -2.45. The average molecular weight is 297 g/mol. The Hall–Kier alpha value is -1.11. The fourth-order valence-electron chi connectivity index (χ4n) is 2.34. The van der Waals surface area contributed by atoms with Gasteiger partial charge in [-0.2, -0.15) is 0 Å². The number of hydrogen-bond donors (Lipinski definition) is 0. The largest absolute Gasteiger partial charge is 0.337 e. The summed E-state index contributed by atoms with van der Waals surface area (Å²) in [5.41, 5.74) is 0. The van der Waals surface area contributed by atoms with E-state index >= 15 is 0 Å². The van der Waals surface area contributed by atoms with Crippen molar-refractivity contribution in [3.8, 4) is 0 Å². The zero-order chi connectivity index (χ0) is 14.9. The van der Waals surface area contributed by atoms with Crippen molar-refractivity contribution in [3.63, 3.8) is 0 Å². The van der Waals surface area contributed by atoms with E-state index in [-0.39, 0.29) is 23.2 Å². The van der Waals surface area contributed by atoms with E-state index in [1.807, 2.05) is 44.2 Å². The second-order valence-electron chi connectivity index (χ2n) is 5.83. The van der Waals surface area contributed by atoms with Gasteiger partial charge in [-0.05, 0) is 57.9 Å². The number of amides is 1. The van der Waals surface area contributed by atoms with Gasteiger partial charge in [0.15, 0.2) is 0 Å². The molecule has 0 radical (unpaired) electrons. The lowest BCUT2D eigenvalue weighted by molar-refractivity contribution is -0.133. The Morgan fingerprint density at radius 1 is 1.25 bits per heavy atom. The monoisotopic (exact) mass is 297 g/mol. The van der Waals surface area contributed by atoms with Crippen LogP contribution >= 0.6 is 11.8 Å². The molecule has 0 N–H and O–H groups in total. The number of aromatic nitrogens is 4. The molecule has 0 aromatic carbocycles. The van der Waals surface area contributed by atoms with E-state index in [2.05, 4.69) is 15.5 Å². The number of carbonyl (C=O) groups is 1. The van der Waals surface area contributed by atoms with Gasteiger partial charge in [-0.15, -0.1) is 5.10 Å². The van der Waals surface area contributed by atoms with E-state index in [9.17, 15) is 4.79 Å². The van der Waals surface area contributed by atoms with Crippen LogP contribution in [0.5, 0.6) is 0 Å². The summed E-state index contributed by atoms with van der Waals surface area (Å²) in [7, 11) is 0.